The van der Waals surface area contributed by atoms with Crippen LogP contribution in [0.2, 0.25) is 0 Å². The van der Waals surface area contributed by atoms with Gasteiger partial charge in [-0.3, -0.25) is 4.79 Å². The van der Waals surface area contributed by atoms with Crippen molar-refractivity contribution in [3.63, 3.8) is 0 Å². The summed E-state index contributed by atoms with van der Waals surface area (Å²) in [5.41, 5.74) is 4.76. The highest BCUT2D eigenvalue weighted by Gasteiger charge is 2.20. The van der Waals surface area contributed by atoms with E-state index in [1.54, 1.807) is 11.3 Å². The van der Waals surface area contributed by atoms with E-state index in [1.165, 1.54) is 19.8 Å². The van der Waals surface area contributed by atoms with Gasteiger partial charge < -0.3 is 15.5 Å². The molecule has 5 rings (SSSR count). The van der Waals surface area contributed by atoms with Gasteiger partial charge in [0.05, 0.1) is 16.7 Å². The number of nitrogens with zero attached hydrogens (tertiary/aromatic N) is 4. The Morgan fingerprint density at radius 3 is 2.44 bits per heavy atom. The van der Waals surface area contributed by atoms with Crippen LogP contribution in [-0.2, 0) is 11.3 Å². The van der Waals surface area contributed by atoms with Gasteiger partial charge in [0.2, 0.25) is 5.91 Å². The summed E-state index contributed by atoms with van der Waals surface area (Å²) < 4.78 is 0. The van der Waals surface area contributed by atoms with Gasteiger partial charge in [-0.2, -0.15) is 0 Å². The van der Waals surface area contributed by atoms with Crippen LogP contribution in [0.4, 0.5) is 16.8 Å². The van der Waals surface area contributed by atoms with Crippen LogP contribution in [0.5, 0.6) is 0 Å². The minimum absolute atomic E-state index is 0.0330. The average Bonchev–Trinajstić information content (AvgIpc) is 3.50. The van der Waals surface area contributed by atoms with Gasteiger partial charge in [0.25, 0.3) is 0 Å². The molecular weight excluding hydrogens is 420 g/mol. The molecule has 7 nitrogen and oxygen atoms in total. The van der Waals surface area contributed by atoms with Crippen molar-refractivity contribution in [2.24, 2.45) is 0 Å². The minimum Gasteiger partial charge on any atom is -0.354 e. The number of nitrogens with one attached hydrogen (secondary N) is 2. The lowest BCUT2D eigenvalue weighted by molar-refractivity contribution is -0.119. The van der Waals surface area contributed by atoms with E-state index in [4.69, 9.17) is 15.0 Å². The summed E-state index contributed by atoms with van der Waals surface area (Å²) in [6.45, 7) is 4.04. The van der Waals surface area contributed by atoms with Crippen molar-refractivity contribution in [3.8, 4) is 11.3 Å². The topological polar surface area (TPSA) is 83.0 Å². The molecule has 0 radical (unpaired) electrons. The van der Waals surface area contributed by atoms with E-state index in [0.717, 1.165) is 57.7 Å². The molecule has 2 N–H and O–H groups in total. The maximum absolute atomic E-state index is 11.1. The number of fused-ring (bicyclic) bond motifs is 1. The Kier molecular flexibility index (Phi) is 5.68. The van der Waals surface area contributed by atoms with Gasteiger partial charge in [-0.1, -0.05) is 36.4 Å². The van der Waals surface area contributed by atoms with E-state index >= 15 is 0 Å². The predicted octanol–water partition coefficient (Wildman–Crippen LogP) is 4.73. The molecule has 0 unspecified atom stereocenters. The van der Waals surface area contributed by atoms with Crippen LogP contribution in [-0.4, -0.2) is 33.9 Å². The van der Waals surface area contributed by atoms with Crippen LogP contribution in [0.1, 0.15) is 25.3 Å². The third-order valence-corrected chi connectivity index (χ3v) is 6.24. The SMILES string of the molecule is CC(=O)NCc1ccc(-c2csc(Nc3nc4ccccc4nc3N3CCCC3)n2)cc1. The van der Waals surface area contributed by atoms with Crippen molar-refractivity contribution in [1.29, 1.82) is 0 Å². The standard InChI is InChI=1S/C24H24N6OS/c1-16(31)25-14-17-8-10-18(11-9-17)21-15-32-24(28-21)29-22-23(30-12-4-5-13-30)27-20-7-3-2-6-19(20)26-22/h2-3,6-11,15H,4-5,12-14H2,1H3,(H,25,31)(H,26,28,29). The summed E-state index contributed by atoms with van der Waals surface area (Å²) in [5.74, 6) is 1.60. The quantitative estimate of drug-likeness (QED) is 0.447. The number of aromatic nitrogens is 3. The van der Waals surface area contributed by atoms with Gasteiger partial charge in [-0.25, -0.2) is 15.0 Å². The zero-order valence-electron chi connectivity index (χ0n) is 17.8. The fourth-order valence-electron chi connectivity index (χ4n) is 3.81. The van der Waals surface area contributed by atoms with E-state index < -0.39 is 0 Å². The number of benzene rings is 2. The predicted molar refractivity (Wildman–Crippen MR) is 129 cm³/mol. The average molecular weight is 445 g/mol. The van der Waals surface area contributed by atoms with Gasteiger partial charge in [0.1, 0.15) is 0 Å². The highest BCUT2D eigenvalue weighted by atomic mass is 32.1. The largest absolute Gasteiger partial charge is 0.354 e. The van der Waals surface area contributed by atoms with Gasteiger partial charge in [-0.15, -0.1) is 11.3 Å². The summed E-state index contributed by atoms with van der Waals surface area (Å²) in [5, 5.41) is 9.06. The van der Waals surface area contributed by atoms with Crippen LogP contribution in [0.3, 0.4) is 0 Å². The van der Waals surface area contributed by atoms with E-state index in [0.29, 0.717) is 6.54 Å². The Labute approximate surface area is 190 Å². The van der Waals surface area contributed by atoms with Crippen molar-refractivity contribution < 1.29 is 4.79 Å². The number of para-hydroxylation sites is 2. The minimum atomic E-state index is -0.0330. The molecule has 1 aliphatic heterocycles. The monoisotopic (exact) mass is 444 g/mol. The first-order valence-electron chi connectivity index (χ1n) is 10.7. The molecular formula is C24H24N6OS. The zero-order chi connectivity index (χ0) is 21.9. The van der Waals surface area contributed by atoms with Crippen LogP contribution in [0.25, 0.3) is 22.3 Å². The summed E-state index contributed by atoms with van der Waals surface area (Å²) >= 11 is 1.55. The molecule has 2 aromatic carbocycles. The lowest BCUT2D eigenvalue weighted by Crippen LogP contribution is -2.21. The van der Waals surface area contributed by atoms with Crippen LogP contribution < -0.4 is 15.5 Å². The lowest BCUT2D eigenvalue weighted by Gasteiger charge is -2.20. The molecule has 1 fully saturated rings. The normalized spacial score (nSPS) is 13.5. The molecule has 8 heteroatoms. The second-order valence-corrected chi connectivity index (χ2v) is 8.71. The maximum atomic E-state index is 11.1. The Hall–Kier alpha value is -3.52. The maximum Gasteiger partial charge on any atom is 0.217 e. The second kappa shape index (κ2) is 8.92. The third-order valence-electron chi connectivity index (χ3n) is 5.48. The van der Waals surface area contributed by atoms with Gasteiger partial charge >= 0.3 is 0 Å². The van der Waals surface area contributed by atoms with Crippen molar-refractivity contribution in [2.45, 2.75) is 26.3 Å². The third kappa shape index (κ3) is 4.40. The van der Waals surface area contributed by atoms with E-state index in [2.05, 4.69) is 15.5 Å². The molecule has 1 aliphatic rings. The molecule has 0 spiro atoms. The van der Waals surface area contributed by atoms with Crippen molar-refractivity contribution in [3.05, 3.63) is 59.5 Å². The highest BCUT2D eigenvalue weighted by Crippen LogP contribution is 2.32. The van der Waals surface area contributed by atoms with Gasteiger partial charge in [-0.05, 0) is 30.5 Å². The molecule has 32 heavy (non-hydrogen) atoms. The van der Waals surface area contributed by atoms with E-state index in [-0.39, 0.29) is 5.91 Å². The molecule has 4 aromatic rings. The Morgan fingerprint density at radius 2 is 1.72 bits per heavy atom. The molecule has 0 bridgehead atoms. The molecule has 0 aliphatic carbocycles. The Balaban J connectivity index is 1.39. The first-order valence-corrected chi connectivity index (χ1v) is 11.6. The number of carbonyl (C=O) groups excluding carboxylic acids is 1. The van der Waals surface area contributed by atoms with Crippen LogP contribution >= 0.6 is 11.3 Å². The van der Waals surface area contributed by atoms with Crippen LogP contribution in [0.15, 0.2) is 53.9 Å². The van der Waals surface area contributed by atoms with Crippen LogP contribution in [0, 0.1) is 0 Å². The number of amides is 1. The van der Waals surface area contributed by atoms with Gasteiger partial charge in [0.15, 0.2) is 16.8 Å². The summed E-state index contributed by atoms with van der Waals surface area (Å²) in [6.07, 6.45) is 2.35. The molecule has 2 aromatic heterocycles. The summed E-state index contributed by atoms with van der Waals surface area (Å²) in [4.78, 5) is 27.9. The summed E-state index contributed by atoms with van der Waals surface area (Å²) in [7, 11) is 0. The molecule has 0 saturated carbocycles. The molecule has 3 heterocycles. The number of carbonyl (C=O) groups is 1. The van der Waals surface area contributed by atoms with Crippen molar-refractivity contribution in [2.75, 3.05) is 23.3 Å². The number of hydrogen-bond acceptors (Lipinski definition) is 7. The molecule has 0 atom stereocenters. The highest BCUT2D eigenvalue weighted by molar-refractivity contribution is 7.14. The van der Waals surface area contributed by atoms with Gasteiger partial charge in [0, 0.05) is 37.5 Å². The fourth-order valence-corrected chi connectivity index (χ4v) is 4.53. The number of hydrogen-bond donors (Lipinski definition) is 2. The number of rotatable bonds is 6. The second-order valence-electron chi connectivity index (χ2n) is 7.85. The zero-order valence-corrected chi connectivity index (χ0v) is 18.7. The number of thiazole rings is 1. The first kappa shape index (κ1) is 20.4. The Morgan fingerprint density at radius 1 is 1.00 bits per heavy atom. The first-order chi connectivity index (χ1) is 15.7. The van der Waals surface area contributed by atoms with E-state index in [9.17, 15) is 4.79 Å². The van der Waals surface area contributed by atoms with Crippen molar-refractivity contribution >= 4 is 45.0 Å². The van der Waals surface area contributed by atoms with E-state index in [1.807, 2.05) is 53.9 Å². The van der Waals surface area contributed by atoms with Crippen molar-refractivity contribution in [1.82, 2.24) is 20.3 Å². The smallest absolute Gasteiger partial charge is 0.217 e. The summed E-state index contributed by atoms with van der Waals surface area (Å²) in [6, 6.07) is 16.0. The lowest BCUT2D eigenvalue weighted by atomic mass is 10.1. The number of anilines is 3. The fraction of sp³-hybridized carbons (Fsp3) is 0.250. The molecule has 1 amide bonds. The Bertz CT molecular complexity index is 1250. The molecule has 162 valence electrons. The molecule has 1 saturated heterocycles.